The maximum Gasteiger partial charge on any atom is 0.313 e. The highest BCUT2D eigenvalue weighted by Crippen LogP contribution is 2.29. The highest BCUT2D eigenvalue weighted by Gasteiger charge is 2.26. The molecule has 7 nitrogen and oxygen atoms in total. The zero-order chi connectivity index (χ0) is 25.5. The van der Waals surface area contributed by atoms with Gasteiger partial charge in [0.25, 0.3) is 5.56 Å². The van der Waals surface area contributed by atoms with Gasteiger partial charge in [-0.2, -0.15) is 0 Å². The number of rotatable bonds is 9. The Hall–Kier alpha value is -3.74. The number of hydrogen-bond donors (Lipinski definition) is 1. The first-order valence-corrected chi connectivity index (χ1v) is 11.9. The minimum Gasteiger partial charge on any atom is -0.425 e. The molecular weight excluding hydrogens is 442 g/mol. The Kier molecular flexibility index (Phi) is 8.58. The monoisotopic (exact) mass is 475 g/mol. The first-order valence-electron chi connectivity index (χ1n) is 11.9. The summed E-state index contributed by atoms with van der Waals surface area (Å²) in [6.07, 6.45) is 5.61. The number of amides is 1. The molecule has 2 heterocycles. The van der Waals surface area contributed by atoms with E-state index in [1.165, 1.54) is 16.8 Å². The van der Waals surface area contributed by atoms with Crippen LogP contribution in [-0.2, 0) is 9.59 Å². The van der Waals surface area contributed by atoms with Crippen LogP contribution in [0.25, 0.3) is 11.1 Å². The number of nitrogens with one attached hydrogen (secondary N) is 1. The van der Waals surface area contributed by atoms with Crippen molar-refractivity contribution in [1.29, 1.82) is 0 Å². The predicted octanol–water partition coefficient (Wildman–Crippen LogP) is 4.53. The third-order valence-electron chi connectivity index (χ3n) is 6.20. The van der Waals surface area contributed by atoms with Gasteiger partial charge in [0.15, 0.2) is 0 Å². The molecule has 0 spiro atoms. The number of aromatic nitrogens is 2. The molecule has 1 unspecified atom stereocenters. The van der Waals surface area contributed by atoms with Crippen LogP contribution in [0.1, 0.15) is 49.4 Å². The molecule has 184 valence electrons. The van der Waals surface area contributed by atoms with Gasteiger partial charge in [0.2, 0.25) is 5.91 Å². The molecule has 0 saturated heterocycles. The third kappa shape index (κ3) is 6.44. The van der Waals surface area contributed by atoms with E-state index in [1.807, 2.05) is 58.9 Å². The molecule has 0 fully saturated rings. The molecule has 7 heteroatoms. The topological polar surface area (TPSA) is 90.3 Å². The summed E-state index contributed by atoms with van der Waals surface area (Å²) in [5, 5.41) is 2.79. The molecule has 1 aromatic carbocycles. The van der Waals surface area contributed by atoms with Crippen LogP contribution in [0.2, 0.25) is 0 Å². The van der Waals surface area contributed by atoms with E-state index in [0.29, 0.717) is 5.75 Å². The van der Waals surface area contributed by atoms with Gasteiger partial charge < -0.3 is 14.6 Å². The number of benzene rings is 1. The number of carbonyl (C=O) groups is 2. The quantitative estimate of drug-likeness (QED) is 0.459. The number of ether oxygens (including phenoxy) is 1. The minimum absolute atomic E-state index is 0.00458. The number of hydrogen-bond acceptors (Lipinski definition) is 5. The molecule has 0 aliphatic heterocycles. The Morgan fingerprint density at radius 1 is 1.09 bits per heavy atom. The van der Waals surface area contributed by atoms with Gasteiger partial charge in [0, 0.05) is 30.6 Å². The van der Waals surface area contributed by atoms with E-state index in [1.54, 1.807) is 18.5 Å². The third-order valence-corrected chi connectivity index (χ3v) is 6.20. The molecule has 0 aliphatic rings. The standard InChI is InChI=1S/C28H33N3O4/c1-6-19(3)27(31-13-11-18(2)14-24(31)32)28(34)30-12-10-25(33)35-23-15-22(16-29-17-23)26-20(4)8-7-9-21(26)5/h7-9,11,13-17,19,27H,6,10,12H2,1-5H3,(H,30,34)/t19-,27?/m1/s1. The summed E-state index contributed by atoms with van der Waals surface area (Å²) in [5.41, 5.74) is 4.78. The fourth-order valence-electron chi connectivity index (χ4n) is 4.16. The highest BCUT2D eigenvalue weighted by molar-refractivity contribution is 5.81. The lowest BCUT2D eigenvalue weighted by atomic mass is 9.97. The molecule has 3 aromatic rings. The van der Waals surface area contributed by atoms with Crippen molar-refractivity contribution in [3.63, 3.8) is 0 Å². The average molecular weight is 476 g/mol. The molecule has 1 N–H and O–H groups in total. The van der Waals surface area contributed by atoms with Crippen molar-refractivity contribution < 1.29 is 14.3 Å². The summed E-state index contributed by atoms with van der Waals surface area (Å²) in [6.45, 7) is 9.91. The van der Waals surface area contributed by atoms with Crippen LogP contribution in [0.3, 0.4) is 0 Å². The predicted molar refractivity (Wildman–Crippen MR) is 136 cm³/mol. The van der Waals surface area contributed by atoms with E-state index in [0.717, 1.165) is 34.2 Å². The summed E-state index contributed by atoms with van der Waals surface area (Å²) in [7, 11) is 0. The number of carbonyl (C=O) groups excluding carboxylic acids is 2. The van der Waals surface area contributed by atoms with Crippen molar-refractivity contribution in [2.24, 2.45) is 5.92 Å². The van der Waals surface area contributed by atoms with Crippen LogP contribution < -0.4 is 15.6 Å². The molecule has 3 rings (SSSR count). The first-order chi connectivity index (χ1) is 16.7. The van der Waals surface area contributed by atoms with Gasteiger partial charge in [0.1, 0.15) is 11.8 Å². The van der Waals surface area contributed by atoms with Crippen molar-refractivity contribution in [1.82, 2.24) is 14.9 Å². The van der Waals surface area contributed by atoms with Crippen molar-refractivity contribution in [2.45, 2.75) is 53.5 Å². The van der Waals surface area contributed by atoms with Crippen molar-refractivity contribution >= 4 is 11.9 Å². The Morgan fingerprint density at radius 3 is 2.46 bits per heavy atom. The lowest BCUT2D eigenvalue weighted by molar-refractivity contribution is -0.134. The Bertz CT molecular complexity index is 1240. The first kappa shape index (κ1) is 25.9. The van der Waals surface area contributed by atoms with Crippen LogP contribution in [0.15, 0.2) is 59.8 Å². The van der Waals surface area contributed by atoms with Gasteiger partial charge in [-0.15, -0.1) is 0 Å². The minimum atomic E-state index is -0.651. The number of pyridine rings is 2. The number of esters is 1. The SMILES string of the molecule is CC[C@@H](C)C(C(=O)NCCC(=O)Oc1cncc(-c2c(C)cccc2C)c1)n1ccc(C)cc1=O. The largest absolute Gasteiger partial charge is 0.425 e. The summed E-state index contributed by atoms with van der Waals surface area (Å²) >= 11 is 0. The van der Waals surface area contributed by atoms with Crippen molar-refractivity contribution in [3.05, 3.63) is 82.0 Å². The molecule has 0 radical (unpaired) electrons. The second kappa shape index (κ2) is 11.6. The second-order valence-electron chi connectivity index (χ2n) is 8.97. The van der Waals surface area contributed by atoms with Crippen molar-refractivity contribution in [2.75, 3.05) is 6.54 Å². The molecule has 0 bridgehead atoms. The second-order valence-corrected chi connectivity index (χ2v) is 8.97. The van der Waals surface area contributed by atoms with Crippen LogP contribution in [0.4, 0.5) is 0 Å². The van der Waals surface area contributed by atoms with Crippen LogP contribution in [-0.4, -0.2) is 28.0 Å². The maximum atomic E-state index is 13.0. The zero-order valence-electron chi connectivity index (χ0n) is 21.0. The van der Waals surface area contributed by atoms with Gasteiger partial charge >= 0.3 is 5.97 Å². The normalized spacial score (nSPS) is 12.6. The number of aryl methyl sites for hydroxylation is 3. The van der Waals surface area contributed by atoms with E-state index in [2.05, 4.69) is 10.3 Å². The lowest BCUT2D eigenvalue weighted by Gasteiger charge is -2.24. The molecule has 2 atom stereocenters. The molecule has 0 saturated carbocycles. The fraction of sp³-hybridized carbons (Fsp3) is 0.357. The molecular formula is C28H33N3O4. The smallest absolute Gasteiger partial charge is 0.313 e. The molecule has 2 aromatic heterocycles. The van der Waals surface area contributed by atoms with Gasteiger partial charge in [-0.3, -0.25) is 19.4 Å². The van der Waals surface area contributed by atoms with E-state index >= 15 is 0 Å². The van der Waals surface area contributed by atoms with Crippen LogP contribution in [0, 0.1) is 26.7 Å². The van der Waals surface area contributed by atoms with Crippen molar-refractivity contribution in [3.8, 4) is 16.9 Å². The van der Waals surface area contributed by atoms with E-state index in [9.17, 15) is 14.4 Å². The van der Waals surface area contributed by atoms with E-state index < -0.39 is 12.0 Å². The fourth-order valence-corrected chi connectivity index (χ4v) is 4.16. The molecule has 0 aliphatic carbocycles. The maximum absolute atomic E-state index is 13.0. The summed E-state index contributed by atoms with van der Waals surface area (Å²) in [4.78, 5) is 42.1. The summed E-state index contributed by atoms with van der Waals surface area (Å²) < 4.78 is 6.93. The summed E-state index contributed by atoms with van der Waals surface area (Å²) in [6, 6.07) is 10.5. The Morgan fingerprint density at radius 2 is 1.80 bits per heavy atom. The van der Waals surface area contributed by atoms with Crippen LogP contribution in [0.5, 0.6) is 5.75 Å². The Balaban J connectivity index is 1.63. The molecule has 35 heavy (non-hydrogen) atoms. The van der Waals surface area contributed by atoms with Gasteiger partial charge in [-0.1, -0.05) is 38.5 Å². The Labute approximate surface area is 206 Å². The van der Waals surface area contributed by atoms with Gasteiger partial charge in [0.05, 0.1) is 12.6 Å². The van der Waals surface area contributed by atoms with Gasteiger partial charge in [-0.25, -0.2) is 0 Å². The molecule has 1 amide bonds. The zero-order valence-corrected chi connectivity index (χ0v) is 21.0. The number of nitrogens with zero attached hydrogens (tertiary/aromatic N) is 2. The van der Waals surface area contributed by atoms with Gasteiger partial charge in [-0.05, 0) is 61.1 Å². The van der Waals surface area contributed by atoms with E-state index in [4.69, 9.17) is 4.74 Å². The summed E-state index contributed by atoms with van der Waals surface area (Å²) in [5.74, 6) is -0.471. The lowest BCUT2D eigenvalue weighted by Crippen LogP contribution is -2.41. The average Bonchev–Trinajstić information content (AvgIpc) is 2.80. The van der Waals surface area contributed by atoms with E-state index in [-0.39, 0.29) is 30.3 Å². The van der Waals surface area contributed by atoms with Crippen LogP contribution >= 0.6 is 0 Å². The highest BCUT2D eigenvalue weighted by atomic mass is 16.5.